The Morgan fingerprint density at radius 3 is 2.21 bits per heavy atom. The average molecular weight is 271 g/mol. The topological polar surface area (TPSA) is 66.8 Å². The molecule has 1 rings (SSSR count). The zero-order chi connectivity index (χ0) is 14.8. The highest BCUT2D eigenvalue weighted by atomic mass is 16.6. The molecule has 1 unspecified atom stereocenters. The van der Waals surface area contributed by atoms with E-state index >= 15 is 0 Å². The van der Waals surface area contributed by atoms with E-state index in [1.807, 2.05) is 0 Å². The van der Waals surface area contributed by atoms with Gasteiger partial charge < -0.3 is 9.84 Å². The van der Waals surface area contributed by atoms with Crippen LogP contribution in [0.5, 0.6) is 0 Å². The molecule has 1 fully saturated rings. The van der Waals surface area contributed by atoms with Crippen molar-refractivity contribution < 1.29 is 19.4 Å². The van der Waals surface area contributed by atoms with Gasteiger partial charge in [-0.15, -0.1) is 0 Å². The molecular weight excluding hydrogens is 246 g/mol. The fourth-order valence-electron chi connectivity index (χ4n) is 2.30. The number of hydrogen-bond acceptors (Lipinski definition) is 3. The molecule has 1 N–H and O–H groups in total. The van der Waals surface area contributed by atoms with Crippen LogP contribution in [0, 0.1) is 5.41 Å². The van der Waals surface area contributed by atoms with E-state index < -0.39 is 23.7 Å². The van der Waals surface area contributed by atoms with Gasteiger partial charge in [-0.3, -0.25) is 4.90 Å². The number of likely N-dealkylation sites (N-methyl/N-ethyl adjacent to an activating group) is 1. The Hall–Kier alpha value is -1.26. The first-order valence-electron chi connectivity index (χ1n) is 6.73. The minimum Gasteiger partial charge on any atom is -0.480 e. The summed E-state index contributed by atoms with van der Waals surface area (Å²) in [4.78, 5) is 24.5. The first kappa shape index (κ1) is 15.8. The van der Waals surface area contributed by atoms with Crippen LogP contribution in [0.2, 0.25) is 0 Å². The third-order valence-electron chi connectivity index (χ3n) is 3.68. The molecule has 0 radical (unpaired) electrons. The number of hydrogen-bond donors (Lipinski definition) is 1. The number of carboxylic acids is 1. The van der Waals surface area contributed by atoms with Gasteiger partial charge in [0.05, 0.1) is 0 Å². The zero-order valence-electron chi connectivity index (χ0n) is 12.5. The highest BCUT2D eigenvalue weighted by Gasteiger charge is 2.40. The quantitative estimate of drug-likeness (QED) is 0.853. The van der Waals surface area contributed by atoms with Crippen LogP contribution in [0.3, 0.4) is 0 Å². The normalized spacial score (nSPS) is 19.2. The molecule has 0 spiro atoms. The Balaban J connectivity index is 2.70. The van der Waals surface area contributed by atoms with Crippen molar-refractivity contribution in [3.05, 3.63) is 0 Å². The molecule has 0 aliphatic heterocycles. The summed E-state index contributed by atoms with van der Waals surface area (Å²) in [7, 11) is 1.49. The van der Waals surface area contributed by atoms with E-state index in [-0.39, 0.29) is 5.41 Å². The van der Waals surface area contributed by atoms with Gasteiger partial charge in [-0.2, -0.15) is 0 Å². The monoisotopic (exact) mass is 271 g/mol. The minimum atomic E-state index is -0.971. The molecule has 19 heavy (non-hydrogen) atoms. The van der Waals surface area contributed by atoms with E-state index in [2.05, 4.69) is 6.92 Å². The summed E-state index contributed by atoms with van der Waals surface area (Å²) >= 11 is 0. The molecule has 0 heterocycles. The summed E-state index contributed by atoms with van der Waals surface area (Å²) in [5, 5.41) is 9.32. The number of rotatable bonds is 4. The van der Waals surface area contributed by atoms with Crippen LogP contribution in [0.1, 0.15) is 53.4 Å². The highest BCUT2D eigenvalue weighted by Crippen LogP contribution is 2.44. The predicted octanol–water partition coefficient (Wildman–Crippen LogP) is 2.89. The molecule has 5 nitrogen and oxygen atoms in total. The molecule has 0 aromatic heterocycles. The number of amides is 1. The summed E-state index contributed by atoms with van der Waals surface area (Å²) in [6.45, 7) is 7.38. The van der Waals surface area contributed by atoms with E-state index in [0.717, 1.165) is 19.3 Å². The van der Waals surface area contributed by atoms with Gasteiger partial charge in [-0.25, -0.2) is 9.59 Å². The molecular formula is C14H25NO4. The van der Waals surface area contributed by atoms with E-state index in [0.29, 0.717) is 6.42 Å². The Morgan fingerprint density at radius 2 is 1.89 bits per heavy atom. The van der Waals surface area contributed by atoms with Gasteiger partial charge in [0.15, 0.2) is 0 Å². The lowest BCUT2D eigenvalue weighted by atomic mass is 9.67. The van der Waals surface area contributed by atoms with Gasteiger partial charge in [0.2, 0.25) is 0 Å². The van der Waals surface area contributed by atoms with Crippen LogP contribution >= 0.6 is 0 Å². The summed E-state index contributed by atoms with van der Waals surface area (Å²) < 4.78 is 5.22. The van der Waals surface area contributed by atoms with Crippen molar-refractivity contribution in [1.29, 1.82) is 0 Å². The summed E-state index contributed by atoms with van der Waals surface area (Å²) in [6, 6.07) is -0.819. The number of carbonyl (C=O) groups is 2. The first-order valence-corrected chi connectivity index (χ1v) is 6.73. The van der Waals surface area contributed by atoms with E-state index in [4.69, 9.17) is 4.74 Å². The van der Waals surface area contributed by atoms with Crippen molar-refractivity contribution in [2.75, 3.05) is 7.05 Å². The predicted molar refractivity (Wildman–Crippen MR) is 72.0 cm³/mol. The third kappa shape index (κ3) is 4.40. The SMILES string of the molecule is CN(C(=O)OC(C)(C)C)C(CC1(C)CCC1)C(=O)O. The minimum absolute atomic E-state index is 0.0410. The molecule has 0 saturated heterocycles. The van der Waals surface area contributed by atoms with Crippen molar-refractivity contribution in [2.45, 2.75) is 65.0 Å². The molecule has 0 bridgehead atoms. The molecule has 0 aromatic rings. The summed E-state index contributed by atoms with van der Waals surface area (Å²) in [5.74, 6) is -0.971. The zero-order valence-corrected chi connectivity index (χ0v) is 12.5. The van der Waals surface area contributed by atoms with Gasteiger partial charge in [0.1, 0.15) is 11.6 Å². The molecule has 1 saturated carbocycles. The Morgan fingerprint density at radius 1 is 1.37 bits per heavy atom. The number of carboxylic acid groups (broad SMARTS) is 1. The molecule has 5 heteroatoms. The van der Waals surface area contributed by atoms with Crippen LogP contribution in [-0.2, 0) is 9.53 Å². The van der Waals surface area contributed by atoms with E-state index in [1.54, 1.807) is 20.8 Å². The van der Waals surface area contributed by atoms with Crippen LogP contribution < -0.4 is 0 Å². The van der Waals surface area contributed by atoms with Crippen LogP contribution in [0.25, 0.3) is 0 Å². The van der Waals surface area contributed by atoms with Crippen molar-refractivity contribution in [3.63, 3.8) is 0 Å². The fraction of sp³-hybridized carbons (Fsp3) is 0.857. The molecule has 1 aliphatic carbocycles. The number of nitrogens with zero attached hydrogens (tertiary/aromatic N) is 1. The van der Waals surface area contributed by atoms with Crippen molar-refractivity contribution >= 4 is 12.1 Å². The third-order valence-corrected chi connectivity index (χ3v) is 3.68. The standard InChI is InChI=1S/C14H25NO4/c1-13(2,3)19-12(18)15(5)10(11(16)17)9-14(4)7-6-8-14/h10H,6-9H2,1-5H3,(H,16,17). The second-order valence-electron chi connectivity index (χ2n) is 6.81. The summed E-state index contributed by atoms with van der Waals surface area (Å²) in [5.41, 5.74) is -0.575. The van der Waals surface area contributed by atoms with E-state index in [9.17, 15) is 14.7 Å². The molecule has 1 atom stereocenters. The Kier molecular flexibility index (Phi) is 4.48. The van der Waals surface area contributed by atoms with Crippen molar-refractivity contribution in [1.82, 2.24) is 4.90 Å². The molecule has 1 amide bonds. The largest absolute Gasteiger partial charge is 0.480 e. The van der Waals surface area contributed by atoms with Crippen molar-refractivity contribution in [3.8, 4) is 0 Å². The second kappa shape index (κ2) is 5.39. The highest BCUT2D eigenvalue weighted by molar-refractivity contribution is 5.80. The van der Waals surface area contributed by atoms with E-state index in [1.165, 1.54) is 11.9 Å². The van der Waals surface area contributed by atoms with Crippen LogP contribution in [0.4, 0.5) is 4.79 Å². The number of aliphatic carboxylic acids is 1. The first-order chi connectivity index (χ1) is 8.54. The molecule has 0 aromatic carbocycles. The Labute approximate surface area is 114 Å². The fourth-order valence-corrected chi connectivity index (χ4v) is 2.30. The van der Waals surface area contributed by atoms with Gasteiger partial charge in [-0.05, 0) is 45.4 Å². The maximum Gasteiger partial charge on any atom is 0.410 e. The van der Waals surface area contributed by atoms with Crippen LogP contribution in [-0.4, -0.2) is 40.8 Å². The lowest BCUT2D eigenvalue weighted by Gasteiger charge is -2.41. The number of carbonyl (C=O) groups excluding carboxylic acids is 1. The maximum absolute atomic E-state index is 11.9. The van der Waals surface area contributed by atoms with Crippen molar-refractivity contribution in [2.24, 2.45) is 5.41 Å². The Bertz CT molecular complexity index is 355. The second-order valence-corrected chi connectivity index (χ2v) is 6.81. The van der Waals surface area contributed by atoms with Gasteiger partial charge in [0, 0.05) is 7.05 Å². The molecule has 1 aliphatic rings. The van der Waals surface area contributed by atoms with Gasteiger partial charge in [-0.1, -0.05) is 13.3 Å². The number of ether oxygens (including phenoxy) is 1. The molecule has 110 valence electrons. The lowest BCUT2D eigenvalue weighted by molar-refractivity contribution is -0.144. The van der Waals surface area contributed by atoms with Crippen LogP contribution in [0.15, 0.2) is 0 Å². The summed E-state index contributed by atoms with van der Waals surface area (Å²) in [6.07, 6.45) is 3.09. The maximum atomic E-state index is 11.9. The van der Waals surface area contributed by atoms with Gasteiger partial charge in [0.25, 0.3) is 0 Å². The lowest BCUT2D eigenvalue weighted by Crippen LogP contribution is -2.48. The average Bonchev–Trinajstić information content (AvgIpc) is 2.19. The smallest absolute Gasteiger partial charge is 0.410 e. The van der Waals surface area contributed by atoms with Gasteiger partial charge >= 0.3 is 12.1 Å².